The topological polar surface area (TPSA) is 60.7 Å². The van der Waals surface area contributed by atoms with Crippen molar-refractivity contribution in [3.8, 4) is 0 Å². The van der Waals surface area contributed by atoms with E-state index in [9.17, 15) is 0 Å². The van der Waals surface area contributed by atoms with E-state index in [0.29, 0.717) is 0 Å². The summed E-state index contributed by atoms with van der Waals surface area (Å²) in [7, 11) is -2.17. The first-order chi connectivity index (χ1) is 1.73. The first-order valence-electron chi connectivity index (χ1n) is 0.775. The molecule has 0 saturated carbocycles. The van der Waals surface area contributed by atoms with E-state index in [1.165, 1.54) is 0 Å². The predicted octanol–water partition coefficient (Wildman–Crippen LogP) is -7.44. The van der Waals surface area contributed by atoms with Crippen LogP contribution in [0, 0.1) is 0 Å². The summed E-state index contributed by atoms with van der Waals surface area (Å²) in [5.41, 5.74) is 0. The Hall–Kier alpha value is 1.20. The average molecular weight is 141 g/mol. The number of rotatable bonds is 0. The number of hydrogen-bond donors (Lipinski definition) is 3. The second-order valence-corrected chi connectivity index (χ2v) is 0.346. The molecule has 9 heteroatoms. The van der Waals surface area contributed by atoms with Crippen molar-refractivity contribution in [3.63, 3.8) is 0 Å². The standard InChI is InChI=1S/BH3O3.4BH3.Na.H/c2-1(3)4;;;;;;/h2-4H;4*1H3;;. The Labute approximate surface area is 85.4 Å². The van der Waals surface area contributed by atoms with Gasteiger partial charge in [0.2, 0.25) is 0 Å². The zero-order valence-corrected chi connectivity index (χ0v) is 1.92. The fraction of sp³-hybridized carbons (Fsp3) is 0. The van der Waals surface area contributed by atoms with Crippen molar-refractivity contribution < 1.29 is 15.1 Å². The molecule has 0 saturated heterocycles. The second kappa shape index (κ2) is 35.0. The van der Waals surface area contributed by atoms with Crippen molar-refractivity contribution >= 4 is 70.5 Å². The SMILES string of the molecule is B.B.B.B.OB(O)O.[NaH]. The summed E-state index contributed by atoms with van der Waals surface area (Å²) < 4.78 is 0. The van der Waals surface area contributed by atoms with Gasteiger partial charge in [-0.2, -0.15) is 0 Å². The van der Waals surface area contributed by atoms with Gasteiger partial charge >= 0.3 is 36.9 Å². The first-order valence-corrected chi connectivity index (χ1v) is 0.775. The molecule has 0 amide bonds. The molecule has 0 aliphatic carbocycles. The van der Waals surface area contributed by atoms with Crippen LogP contribution in [-0.4, -0.2) is 85.6 Å². The summed E-state index contributed by atoms with van der Waals surface area (Å²) in [6.45, 7) is 0. The van der Waals surface area contributed by atoms with E-state index in [1.807, 2.05) is 0 Å². The number of hydrogen-bond acceptors (Lipinski definition) is 3. The molecule has 0 aromatic carbocycles. The van der Waals surface area contributed by atoms with Gasteiger partial charge in [0.05, 0.1) is 33.7 Å². The summed E-state index contributed by atoms with van der Waals surface area (Å²) in [6, 6.07) is 0. The van der Waals surface area contributed by atoms with Crippen LogP contribution in [0.1, 0.15) is 0 Å². The van der Waals surface area contributed by atoms with Gasteiger partial charge in [0.25, 0.3) is 0 Å². The van der Waals surface area contributed by atoms with Crippen molar-refractivity contribution in [2.24, 2.45) is 0 Å². The van der Waals surface area contributed by atoms with Crippen LogP contribution in [0.4, 0.5) is 0 Å². The van der Waals surface area contributed by atoms with Gasteiger partial charge < -0.3 is 15.1 Å². The molecule has 0 aliphatic rings. The molecule has 50 valence electrons. The zero-order valence-electron chi connectivity index (χ0n) is 1.92. The van der Waals surface area contributed by atoms with E-state index in [2.05, 4.69) is 0 Å². The molecular weight excluding hydrogens is 125 g/mol. The molecular formula is H16B5NaO3. The Morgan fingerprint density at radius 1 is 0.667 bits per heavy atom. The minimum atomic E-state index is -2.17. The van der Waals surface area contributed by atoms with Crippen LogP contribution in [0.5, 0.6) is 0 Å². The van der Waals surface area contributed by atoms with Gasteiger partial charge in [-0.25, -0.2) is 0 Å². The molecule has 0 atom stereocenters. The molecule has 0 radical (unpaired) electrons. The first kappa shape index (κ1) is 48.9. The van der Waals surface area contributed by atoms with Crippen LogP contribution < -0.4 is 0 Å². The minimum absolute atomic E-state index is 0. The van der Waals surface area contributed by atoms with Gasteiger partial charge in [-0.15, -0.1) is 0 Å². The van der Waals surface area contributed by atoms with Crippen LogP contribution in [0.15, 0.2) is 0 Å². The van der Waals surface area contributed by atoms with E-state index in [0.717, 1.165) is 0 Å². The third kappa shape index (κ3) is 329. The van der Waals surface area contributed by atoms with Crippen molar-refractivity contribution in [1.82, 2.24) is 0 Å². The molecule has 0 unspecified atom stereocenters. The third-order valence-electron chi connectivity index (χ3n) is 0. The van der Waals surface area contributed by atoms with Crippen LogP contribution >= 0.6 is 0 Å². The Morgan fingerprint density at radius 2 is 0.667 bits per heavy atom. The van der Waals surface area contributed by atoms with Crippen LogP contribution in [-0.2, 0) is 0 Å². The molecule has 0 aromatic rings. The monoisotopic (exact) mass is 142 g/mol. The summed E-state index contributed by atoms with van der Waals surface area (Å²) in [5.74, 6) is 0. The molecule has 0 spiro atoms. The van der Waals surface area contributed by atoms with E-state index >= 15 is 0 Å². The van der Waals surface area contributed by atoms with E-state index in [4.69, 9.17) is 15.1 Å². The van der Waals surface area contributed by atoms with Gasteiger partial charge in [-0.1, -0.05) is 0 Å². The van der Waals surface area contributed by atoms with Gasteiger partial charge in [-0.05, 0) is 0 Å². The van der Waals surface area contributed by atoms with Gasteiger partial charge in [0.15, 0.2) is 0 Å². The third-order valence-corrected chi connectivity index (χ3v) is 0. The summed E-state index contributed by atoms with van der Waals surface area (Å²) in [6.07, 6.45) is 0. The molecule has 0 heterocycles. The van der Waals surface area contributed by atoms with E-state index in [1.54, 1.807) is 0 Å². The average Bonchev–Trinajstić information content (AvgIpc) is 0.811. The van der Waals surface area contributed by atoms with Crippen molar-refractivity contribution in [2.45, 2.75) is 0 Å². The van der Waals surface area contributed by atoms with Crippen molar-refractivity contribution in [3.05, 3.63) is 0 Å². The summed E-state index contributed by atoms with van der Waals surface area (Å²) >= 11 is 0. The maximum atomic E-state index is 7.17. The molecule has 3 N–H and O–H groups in total. The van der Waals surface area contributed by atoms with Crippen molar-refractivity contribution in [2.75, 3.05) is 0 Å². The Morgan fingerprint density at radius 3 is 0.667 bits per heavy atom. The summed E-state index contributed by atoms with van der Waals surface area (Å²) in [5, 5.41) is 21.5. The van der Waals surface area contributed by atoms with Crippen molar-refractivity contribution in [1.29, 1.82) is 0 Å². The Bertz CT molecular complexity index is 16.9. The van der Waals surface area contributed by atoms with Gasteiger partial charge in [0, 0.05) is 0 Å². The predicted molar refractivity (Wildman–Crippen MR) is 59.3 cm³/mol. The molecule has 0 rings (SSSR count). The fourth-order valence-corrected chi connectivity index (χ4v) is 0. The van der Waals surface area contributed by atoms with Crippen LogP contribution in [0.3, 0.4) is 0 Å². The van der Waals surface area contributed by atoms with Gasteiger partial charge in [-0.3, -0.25) is 0 Å². The maximum absolute atomic E-state index is 7.17. The molecule has 0 bridgehead atoms. The fourth-order valence-electron chi connectivity index (χ4n) is 0. The van der Waals surface area contributed by atoms with Crippen LogP contribution in [0.25, 0.3) is 0 Å². The molecule has 0 aliphatic heterocycles. The molecule has 0 aromatic heterocycles. The Balaban J connectivity index is -0.00000000450. The van der Waals surface area contributed by atoms with Gasteiger partial charge in [0.1, 0.15) is 0 Å². The normalized spacial score (nSPS) is 3.00. The quantitative estimate of drug-likeness (QED) is 0.294. The second-order valence-electron chi connectivity index (χ2n) is 0.346. The van der Waals surface area contributed by atoms with Crippen LogP contribution in [0.2, 0.25) is 0 Å². The summed E-state index contributed by atoms with van der Waals surface area (Å²) in [4.78, 5) is 0. The van der Waals surface area contributed by atoms with E-state index in [-0.39, 0.29) is 63.2 Å². The molecule has 3 nitrogen and oxygen atoms in total. The van der Waals surface area contributed by atoms with E-state index < -0.39 is 7.32 Å². The molecule has 9 heavy (non-hydrogen) atoms. The molecule has 0 fully saturated rings. The zero-order chi connectivity index (χ0) is 3.58. The Kier molecular flexibility index (Phi) is 190.